The monoisotopic (exact) mass is 417 g/mol. The lowest BCUT2D eigenvalue weighted by Crippen LogP contribution is -2.26. The summed E-state index contributed by atoms with van der Waals surface area (Å²) in [4.78, 5) is 18.4. The molecule has 0 saturated carbocycles. The number of amides is 1. The third-order valence-electron chi connectivity index (χ3n) is 4.51. The second-order valence-electron chi connectivity index (χ2n) is 6.68. The Hall–Kier alpha value is -2.93. The highest BCUT2D eigenvalue weighted by Gasteiger charge is 2.16. The first-order valence-corrected chi connectivity index (χ1v) is 9.40. The fourth-order valence-electron chi connectivity index (χ4n) is 2.88. The highest BCUT2D eigenvalue weighted by Crippen LogP contribution is 2.24. The van der Waals surface area contributed by atoms with Crippen molar-refractivity contribution in [1.82, 2.24) is 15.0 Å². The minimum absolute atomic E-state index is 0.0793. The number of carbonyl (C=O) groups excluding carboxylic acids is 1. The Labute approximate surface area is 173 Å². The zero-order valence-electron chi connectivity index (χ0n) is 16.4. The van der Waals surface area contributed by atoms with Gasteiger partial charge in [-0.05, 0) is 48.9 Å². The quantitative estimate of drug-likeness (QED) is 0.568. The van der Waals surface area contributed by atoms with E-state index in [1.54, 1.807) is 56.3 Å². The molecule has 1 amide bonds. The molecule has 29 heavy (non-hydrogen) atoms. The van der Waals surface area contributed by atoms with Gasteiger partial charge in [-0.3, -0.25) is 4.79 Å². The minimum Gasteiger partial charge on any atom is -0.496 e. The summed E-state index contributed by atoms with van der Waals surface area (Å²) in [7, 11) is 3.29. The predicted molar refractivity (Wildman–Crippen MR) is 107 cm³/mol. The van der Waals surface area contributed by atoms with Gasteiger partial charge in [-0.2, -0.15) is 4.98 Å². The van der Waals surface area contributed by atoms with E-state index in [2.05, 4.69) is 10.1 Å². The van der Waals surface area contributed by atoms with Gasteiger partial charge in [0.2, 0.25) is 17.6 Å². The molecule has 1 heterocycles. The van der Waals surface area contributed by atoms with Crippen molar-refractivity contribution in [2.24, 2.45) is 0 Å². The first-order chi connectivity index (χ1) is 13.9. The highest BCUT2D eigenvalue weighted by atomic mass is 35.5. The first kappa shape index (κ1) is 20.8. The predicted octanol–water partition coefficient (Wildman–Crippen LogP) is 4.44. The molecule has 2 aromatic carbocycles. The molecule has 1 aromatic heterocycles. The molecule has 0 spiro atoms. The smallest absolute Gasteiger partial charge is 0.227 e. The maximum atomic E-state index is 13.4. The molecule has 3 aromatic rings. The van der Waals surface area contributed by atoms with Gasteiger partial charge in [-0.15, -0.1) is 0 Å². The average Bonchev–Trinajstić information content (AvgIpc) is 3.17. The molecule has 6 nitrogen and oxygen atoms in total. The Kier molecular flexibility index (Phi) is 6.49. The number of ether oxygens (including phenoxy) is 1. The normalized spacial score (nSPS) is 10.8. The summed E-state index contributed by atoms with van der Waals surface area (Å²) in [5.74, 6) is 1.02. The molecule has 8 heteroatoms. The van der Waals surface area contributed by atoms with E-state index in [1.165, 1.54) is 6.07 Å². The van der Waals surface area contributed by atoms with Crippen molar-refractivity contribution in [2.75, 3.05) is 14.2 Å². The molecule has 0 fully saturated rings. The number of rotatable bonds is 7. The molecule has 3 rings (SSSR count). The van der Waals surface area contributed by atoms with Crippen LogP contribution >= 0.6 is 11.6 Å². The van der Waals surface area contributed by atoms with Crippen LogP contribution in [0.1, 0.15) is 23.4 Å². The zero-order chi connectivity index (χ0) is 21.0. The maximum absolute atomic E-state index is 13.4. The highest BCUT2D eigenvalue weighted by molar-refractivity contribution is 6.30. The van der Waals surface area contributed by atoms with Crippen molar-refractivity contribution in [3.8, 4) is 17.1 Å². The van der Waals surface area contributed by atoms with E-state index in [1.807, 2.05) is 0 Å². The lowest BCUT2D eigenvalue weighted by atomic mass is 10.1. The summed E-state index contributed by atoms with van der Waals surface area (Å²) in [6.45, 7) is 2.04. The fraction of sp³-hybridized carbons (Fsp3) is 0.286. The molecule has 0 atom stereocenters. The van der Waals surface area contributed by atoms with Gasteiger partial charge in [-0.25, -0.2) is 4.39 Å². The minimum atomic E-state index is -0.289. The van der Waals surface area contributed by atoms with E-state index in [4.69, 9.17) is 20.9 Å². The number of methoxy groups -OCH3 is 1. The molecule has 152 valence electrons. The number of halogens is 2. The maximum Gasteiger partial charge on any atom is 0.227 e. The zero-order valence-corrected chi connectivity index (χ0v) is 17.2. The van der Waals surface area contributed by atoms with Crippen molar-refractivity contribution in [2.45, 2.75) is 26.3 Å². The number of nitrogens with zero attached hydrogens (tertiary/aromatic N) is 3. The molecule has 0 N–H and O–H groups in total. The van der Waals surface area contributed by atoms with Crippen LogP contribution in [0, 0.1) is 12.7 Å². The average molecular weight is 418 g/mol. The SMILES string of the molecule is COc1ccc(Cl)cc1CN(C)C(=O)CCc1nc(-c2ccc(F)c(C)c2)no1. The van der Waals surface area contributed by atoms with E-state index >= 15 is 0 Å². The van der Waals surface area contributed by atoms with Gasteiger partial charge in [0.05, 0.1) is 7.11 Å². The number of carbonyl (C=O) groups is 1. The lowest BCUT2D eigenvalue weighted by molar-refractivity contribution is -0.130. The Balaban J connectivity index is 1.60. The number of benzene rings is 2. The molecule has 0 bridgehead atoms. The Morgan fingerprint density at radius 2 is 2.07 bits per heavy atom. The van der Waals surface area contributed by atoms with E-state index in [0.717, 1.165) is 5.56 Å². The molecule has 0 aliphatic carbocycles. The molecule has 0 aliphatic heterocycles. The van der Waals surface area contributed by atoms with Crippen LogP contribution in [0.2, 0.25) is 5.02 Å². The summed E-state index contributed by atoms with van der Waals surface area (Å²) < 4.78 is 24.0. The number of hydrogen-bond acceptors (Lipinski definition) is 5. The lowest BCUT2D eigenvalue weighted by Gasteiger charge is -2.18. The van der Waals surface area contributed by atoms with E-state index in [0.29, 0.717) is 46.6 Å². The summed E-state index contributed by atoms with van der Waals surface area (Å²) in [5.41, 5.74) is 1.99. The van der Waals surface area contributed by atoms with E-state index < -0.39 is 0 Å². The Bertz CT molecular complexity index is 1020. The van der Waals surface area contributed by atoms with Crippen LogP contribution in [0.15, 0.2) is 40.9 Å². The summed E-state index contributed by atoms with van der Waals surface area (Å²) in [6.07, 6.45) is 0.520. The Morgan fingerprint density at radius 3 is 2.79 bits per heavy atom. The van der Waals surface area contributed by atoms with Crippen molar-refractivity contribution in [1.29, 1.82) is 0 Å². The van der Waals surface area contributed by atoms with Gasteiger partial charge in [0, 0.05) is 42.6 Å². The Morgan fingerprint density at radius 1 is 1.28 bits per heavy atom. The second-order valence-corrected chi connectivity index (χ2v) is 7.12. The molecule has 0 radical (unpaired) electrons. The van der Waals surface area contributed by atoms with Gasteiger partial charge in [0.15, 0.2) is 0 Å². The number of aromatic nitrogens is 2. The number of aryl methyl sites for hydroxylation is 2. The van der Waals surface area contributed by atoms with Gasteiger partial charge in [0.1, 0.15) is 11.6 Å². The van der Waals surface area contributed by atoms with Crippen LogP contribution in [-0.4, -0.2) is 35.1 Å². The van der Waals surface area contributed by atoms with Crippen molar-refractivity contribution in [3.63, 3.8) is 0 Å². The largest absolute Gasteiger partial charge is 0.496 e. The van der Waals surface area contributed by atoms with Crippen LogP contribution in [0.25, 0.3) is 11.4 Å². The summed E-state index contributed by atoms with van der Waals surface area (Å²) in [5, 5.41) is 4.50. The first-order valence-electron chi connectivity index (χ1n) is 9.03. The summed E-state index contributed by atoms with van der Waals surface area (Å²) in [6, 6.07) is 9.90. The van der Waals surface area contributed by atoms with E-state index in [-0.39, 0.29) is 18.1 Å². The topological polar surface area (TPSA) is 68.5 Å². The van der Waals surface area contributed by atoms with Gasteiger partial charge in [-0.1, -0.05) is 16.8 Å². The fourth-order valence-corrected chi connectivity index (χ4v) is 3.07. The van der Waals surface area contributed by atoms with Crippen LogP contribution in [-0.2, 0) is 17.8 Å². The van der Waals surface area contributed by atoms with Crippen LogP contribution in [0.3, 0.4) is 0 Å². The third-order valence-corrected chi connectivity index (χ3v) is 4.75. The van der Waals surface area contributed by atoms with Gasteiger partial charge < -0.3 is 14.2 Å². The molecular weight excluding hydrogens is 397 g/mol. The van der Waals surface area contributed by atoms with Crippen LogP contribution in [0.4, 0.5) is 4.39 Å². The molecule has 0 aliphatic rings. The van der Waals surface area contributed by atoms with Crippen LogP contribution in [0.5, 0.6) is 5.75 Å². The number of hydrogen-bond donors (Lipinski definition) is 0. The molecule has 0 saturated heterocycles. The van der Waals surface area contributed by atoms with Crippen molar-refractivity contribution < 1.29 is 18.4 Å². The second kappa shape index (κ2) is 9.05. The van der Waals surface area contributed by atoms with E-state index in [9.17, 15) is 9.18 Å². The van der Waals surface area contributed by atoms with Gasteiger partial charge in [0.25, 0.3) is 0 Å². The van der Waals surface area contributed by atoms with Gasteiger partial charge >= 0.3 is 0 Å². The standard InChI is InChI=1S/C21H21ClFN3O3/c1-13-10-14(4-6-17(13)23)21-24-19(29-25-21)8-9-20(27)26(2)12-15-11-16(22)5-7-18(15)28-3/h4-7,10-11H,8-9,12H2,1-3H3. The third kappa shape index (κ3) is 5.12. The molecule has 0 unspecified atom stereocenters. The van der Waals surface area contributed by atoms with Crippen molar-refractivity contribution in [3.05, 3.63) is 64.3 Å². The van der Waals surface area contributed by atoms with Crippen molar-refractivity contribution >= 4 is 17.5 Å². The summed E-state index contributed by atoms with van der Waals surface area (Å²) >= 11 is 6.04. The van der Waals surface area contributed by atoms with Crippen LogP contribution < -0.4 is 4.74 Å². The molecular formula is C21H21ClFN3O3.